The molecule has 0 bridgehead atoms. The van der Waals surface area contributed by atoms with Gasteiger partial charge in [0.1, 0.15) is 5.75 Å². The van der Waals surface area contributed by atoms with E-state index in [1.807, 2.05) is 29.2 Å². The topological polar surface area (TPSA) is 61.9 Å². The van der Waals surface area contributed by atoms with E-state index in [1.165, 1.54) is 17.3 Å². The number of nitrogens with zero attached hydrogens (tertiary/aromatic N) is 2. The maximum absolute atomic E-state index is 12.9. The highest BCUT2D eigenvalue weighted by Crippen LogP contribution is 2.32. The molecule has 2 aromatic carbocycles. The lowest BCUT2D eigenvalue weighted by Crippen LogP contribution is -2.48. The minimum Gasteiger partial charge on any atom is -0.497 e. The maximum atomic E-state index is 12.9. The Bertz CT molecular complexity index is 877. The summed E-state index contributed by atoms with van der Waals surface area (Å²) >= 11 is 1.50. The van der Waals surface area contributed by atoms with Gasteiger partial charge in [-0.05, 0) is 35.9 Å². The number of carbonyl (C=O) groups is 2. The van der Waals surface area contributed by atoms with E-state index in [9.17, 15) is 9.59 Å². The average Bonchev–Trinajstić information content (AvgIpc) is 2.74. The number of thioether (sulfide) groups is 1. The fraction of sp³-hybridized carbons (Fsp3) is 0.333. The molecule has 146 valence electrons. The number of carbonyl (C=O) groups excluding carboxylic acids is 2. The van der Waals surface area contributed by atoms with Crippen LogP contribution in [0.4, 0.5) is 5.69 Å². The number of ether oxygens (including phenoxy) is 1. The second-order valence-electron chi connectivity index (χ2n) is 6.96. The molecule has 0 aliphatic carbocycles. The Kier molecular flexibility index (Phi) is 5.54. The van der Waals surface area contributed by atoms with Crippen molar-refractivity contribution in [1.82, 2.24) is 9.80 Å². The predicted molar refractivity (Wildman–Crippen MR) is 110 cm³/mol. The third kappa shape index (κ3) is 4.15. The molecule has 2 aliphatic heterocycles. The lowest BCUT2D eigenvalue weighted by atomic mass is 10.1. The van der Waals surface area contributed by atoms with Crippen LogP contribution < -0.4 is 10.1 Å². The van der Waals surface area contributed by atoms with Crippen LogP contribution in [0.5, 0.6) is 5.75 Å². The molecule has 0 aromatic heterocycles. The number of methoxy groups -OCH3 is 1. The minimum atomic E-state index is -0.0192. The molecule has 7 heteroatoms. The van der Waals surface area contributed by atoms with Gasteiger partial charge in [-0.2, -0.15) is 0 Å². The SMILES string of the molecule is COc1ccc(CN2CCN(C(=O)c3ccc4c(c3)NC(=O)CS4)CC2)cc1. The summed E-state index contributed by atoms with van der Waals surface area (Å²) < 4.78 is 5.20. The number of piperazine rings is 1. The lowest BCUT2D eigenvalue weighted by molar-refractivity contribution is -0.113. The second-order valence-corrected chi connectivity index (χ2v) is 7.98. The van der Waals surface area contributed by atoms with Gasteiger partial charge in [-0.1, -0.05) is 12.1 Å². The van der Waals surface area contributed by atoms with Crippen molar-refractivity contribution in [2.45, 2.75) is 11.4 Å². The Balaban J connectivity index is 1.35. The monoisotopic (exact) mass is 397 g/mol. The first kappa shape index (κ1) is 18.8. The first-order valence-electron chi connectivity index (χ1n) is 9.33. The van der Waals surface area contributed by atoms with Crippen molar-refractivity contribution >= 4 is 29.3 Å². The van der Waals surface area contributed by atoms with E-state index in [0.717, 1.165) is 36.0 Å². The number of rotatable bonds is 4. The molecule has 0 unspecified atom stereocenters. The zero-order valence-electron chi connectivity index (χ0n) is 15.8. The number of benzene rings is 2. The van der Waals surface area contributed by atoms with E-state index >= 15 is 0 Å². The van der Waals surface area contributed by atoms with Gasteiger partial charge in [-0.3, -0.25) is 14.5 Å². The van der Waals surface area contributed by atoms with Gasteiger partial charge >= 0.3 is 0 Å². The smallest absolute Gasteiger partial charge is 0.254 e. The summed E-state index contributed by atoms with van der Waals surface area (Å²) in [4.78, 5) is 29.7. The van der Waals surface area contributed by atoms with E-state index in [0.29, 0.717) is 24.4 Å². The predicted octanol–water partition coefficient (Wildman–Crippen LogP) is 2.70. The van der Waals surface area contributed by atoms with Crippen LogP contribution in [0.1, 0.15) is 15.9 Å². The summed E-state index contributed by atoms with van der Waals surface area (Å²) in [6.45, 7) is 3.96. The van der Waals surface area contributed by atoms with E-state index in [1.54, 1.807) is 13.2 Å². The molecule has 4 rings (SSSR count). The first-order valence-corrected chi connectivity index (χ1v) is 10.3. The van der Waals surface area contributed by atoms with E-state index in [-0.39, 0.29) is 11.8 Å². The normalized spacial score (nSPS) is 17.0. The number of anilines is 1. The number of amides is 2. The molecule has 6 nitrogen and oxygen atoms in total. The van der Waals surface area contributed by atoms with Gasteiger partial charge in [0.15, 0.2) is 0 Å². The standard InChI is InChI=1S/C21H23N3O3S/c1-27-17-5-2-15(3-6-17)13-23-8-10-24(11-9-23)21(26)16-4-7-19-18(12-16)22-20(25)14-28-19/h2-7,12H,8-11,13-14H2,1H3,(H,22,25). The molecule has 2 amide bonds. The number of hydrogen-bond acceptors (Lipinski definition) is 5. The number of nitrogens with one attached hydrogen (secondary N) is 1. The quantitative estimate of drug-likeness (QED) is 0.860. The van der Waals surface area contributed by atoms with Gasteiger partial charge < -0.3 is 15.0 Å². The molecule has 1 fully saturated rings. The fourth-order valence-corrected chi connectivity index (χ4v) is 4.29. The highest BCUT2D eigenvalue weighted by Gasteiger charge is 2.24. The Hall–Kier alpha value is -2.51. The molecular formula is C21H23N3O3S. The molecule has 2 aromatic rings. The molecule has 1 N–H and O–H groups in total. The molecule has 0 radical (unpaired) electrons. The summed E-state index contributed by atoms with van der Waals surface area (Å²) in [6.07, 6.45) is 0. The first-order chi connectivity index (χ1) is 13.6. The maximum Gasteiger partial charge on any atom is 0.254 e. The number of hydrogen-bond donors (Lipinski definition) is 1. The summed E-state index contributed by atoms with van der Waals surface area (Å²) in [6, 6.07) is 13.7. The van der Waals surface area contributed by atoms with Crippen LogP contribution in [-0.4, -0.2) is 60.7 Å². The van der Waals surface area contributed by atoms with Gasteiger partial charge in [0, 0.05) is 43.2 Å². The third-order valence-corrected chi connectivity index (χ3v) is 6.16. The van der Waals surface area contributed by atoms with Gasteiger partial charge in [-0.15, -0.1) is 11.8 Å². The van der Waals surface area contributed by atoms with Gasteiger partial charge in [0.2, 0.25) is 5.91 Å². The molecule has 0 saturated carbocycles. The van der Waals surface area contributed by atoms with Crippen LogP contribution in [0.3, 0.4) is 0 Å². The summed E-state index contributed by atoms with van der Waals surface area (Å²) in [5.41, 5.74) is 2.61. The summed E-state index contributed by atoms with van der Waals surface area (Å²) in [7, 11) is 1.67. The molecule has 2 aliphatic rings. The average molecular weight is 398 g/mol. The van der Waals surface area contributed by atoms with Crippen molar-refractivity contribution in [2.75, 3.05) is 44.4 Å². The van der Waals surface area contributed by atoms with E-state index in [4.69, 9.17) is 4.74 Å². The highest BCUT2D eigenvalue weighted by atomic mass is 32.2. The molecule has 28 heavy (non-hydrogen) atoms. The van der Waals surface area contributed by atoms with Gasteiger partial charge in [0.25, 0.3) is 5.91 Å². The Morgan fingerprint density at radius 3 is 2.57 bits per heavy atom. The van der Waals surface area contributed by atoms with Crippen LogP contribution in [0.25, 0.3) is 0 Å². The van der Waals surface area contributed by atoms with Crippen molar-refractivity contribution < 1.29 is 14.3 Å². The van der Waals surface area contributed by atoms with Gasteiger partial charge in [-0.25, -0.2) is 0 Å². The van der Waals surface area contributed by atoms with E-state index in [2.05, 4.69) is 22.3 Å². The highest BCUT2D eigenvalue weighted by molar-refractivity contribution is 8.00. The van der Waals surface area contributed by atoms with Crippen molar-refractivity contribution in [2.24, 2.45) is 0 Å². The van der Waals surface area contributed by atoms with Crippen molar-refractivity contribution in [3.63, 3.8) is 0 Å². The summed E-state index contributed by atoms with van der Waals surface area (Å²) in [5.74, 6) is 1.29. The largest absolute Gasteiger partial charge is 0.497 e. The zero-order valence-corrected chi connectivity index (χ0v) is 16.6. The van der Waals surface area contributed by atoms with Crippen molar-refractivity contribution in [1.29, 1.82) is 0 Å². The van der Waals surface area contributed by atoms with Crippen molar-refractivity contribution in [3.05, 3.63) is 53.6 Å². The zero-order chi connectivity index (χ0) is 19.5. The van der Waals surface area contributed by atoms with Crippen LogP contribution in [0, 0.1) is 0 Å². The van der Waals surface area contributed by atoms with Crippen LogP contribution in [0.2, 0.25) is 0 Å². The van der Waals surface area contributed by atoms with E-state index < -0.39 is 0 Å². The molecule has 1 saturated heterocycles. The molecular weight excluding hydrogens is 374 g/mol. The molecule has 0 spiro atoms. The van der Waals surface area contributed by atoms with Crippen LogP contribution in [-0.2, 0) is 11.3 Å². The summed E-state index contributed by atoms with van der Waals surface area (Å²) in [5, 5.41) is 2.85. The fourth-order valence-electron chi connectivity index (χ4n) is 3.50. The third-order valence-electron chi connectivity index (χ3n) is 5.08. The molecule has 0 atom stereocenters. The minimum absolute atomic E-state index is 0.0192. The van der Waals surface area contributed by atoms with Gasteiger partial charge in [0.05, 0.1) is 18.6 Å². The van der Waals surface area contributed by atoms with Crippen LogP contribution in [0.15, 0.2) is 47.4 Å². The Labute approximate surface area is 168 Å². The number of fused-ring (bicyclic) bond motifs is 1. The second kappa shape index (κ2) is 8.24. The Morgan fingerprint density at radius 1 is 1.11 bits per heavy atom. The van der Waals surface area contributed by atoms with Crippen molar-refractivity contribution in [3.8, 4) is 5.75 Å². The molecule has 2 heterocycles. The Morgan fingerprint density at radius 2 is 1.86 bits per heavy atom. The lowest BCUT2D eigenvalue weighted by Gasteiger charge is -2.35. The van der Waals surface area contributed by atoms with Crippen LogP contribution >= 0.6 is 11.8 Å².